The normalized spacial score (nSPS) is 41.2. The Morgan fingerprint density at radius 3 is 2.63 bits per heavy atom. The van der Waals surface area contributed by atoms with Gasteiger partial charge in [-0.25, -0.2) is 4.79 Å². The van der Waals surface area contributed by atoms with Crippen molar-refractivity contribution in [2.24, 2.45) is 11.8 Å². The van der Waals surface area contributed by atoms with Crippen molar-refractivity contribution >= 4 is 6.09 Å². The quantitative estimate of drug-likeness (QED) is 0.712. The molecule has 2 N–H and O–H groups in total. The highest BCUT2D eigenvalue weighted by molar-refractivity contribution is 5.69. The molecule has 0 radical (unpaired) electrons. The number of aliphatic hydroxyl groups is 1. The Kier molecular flexibility index (Phi) is 3.39. The van der Waals surface area contributed by atoms with Crippen LogP contribution in [-0.4, -0.2) is 34.7 Å². The molecule has 0 spiro atoms. The molecule has 1 fully saturated rings. The highest BCUT2D eigenvalue weighted by Crippen LogP contribution is 2.41. The number of fused-ring (bicyclic) bond motifs is 2. The Balaban J connectivity index is 2.11. The fraction of sp³-hybridized carbons (Fsp3) is 0.786. The molecule has 0 aromatic carbocycles. The van der Waals surface area contributed by atoms with E-state index in [-0.39, 0.29) is 17.9 Å². The summed E-state index contributed by atoms with van der Waals surface area (Å²) in [6.45, 7) is 9.22. The van der Waals surface area contributed by atoms with Crippen LogP contribution in [-0.2, 0) is 9.47 Å². The molecule has 0 unspecified atom stereocenters. The first-order valence-electron chi connectivity index (χ1n) is 6.71. The summed E-state index contributed by atoms with van der Waals surface area (Å²) in [6, 6.07) is 0. The lowest BCUT2D eigenvalue weighted by Gasteiger charge is -2.45. The average molecular weight is 269 g/mol. The number of carbonyl (C=O) groups excluding carboxylic acids is 1. The van der Waals surface area contributed by atoms with E-state index in [9.17, 15) is 9.90 Å². The van der Waals surface area contributed by atoms with Gasteiger partial charge in [0.15, 0.2) is 5.72 Å². The van der Waals surface area contributed by atoms with Gasteiger partial charge in [-0.05, 0) is 26.8 Å². The number of aliphatic hydroxyl groups excluding tert-OH is 1. The van der Waals surface area contributed by atoms with Gasteiger partial charge in [0.2, 0.25) is 0 Å². The van der Waals surface area contributed by atoms with E-state index in [1.54, 1.807) is 20.8 Å². The Labute approximate surface area is 114 Å². The van der Waals surface area contributed by atoms with E-state index in [0.29, 0.717) is 0 Å². The van der Waals surface area contributed by atoms with Gasteiger partial charge in [-0.15, -0.1) is 0 Å². The van der Waals surface area contributed by atoms with Crippen LogP contribution < -0.4 is 5.32 Å². The summed E-state index contributed by atoms with van der Waals surface area (Å²) in [5, 5.41) is 13.0. The Hall–Kier alpha value is -1.07. The summed E-state index contributed by atoms with van der Waals surface area (Å²) in [7, 11) is 0. The van der Waals surface area contributed by atoms with Crippen molar-refractivity contribution in [2.45, 2.75) is 58.2 Å². The minimum absolute atomic E-state index is 0.0160. The zero-order chi connectivity index (χ0) is 14.4. The van der Waals surface area contributed by atoms with Crippen molar-refractivity contribution in [2.75, 3.05) is 0 Å². The van der Waals surface area contributed by atoms with Crippen LogP contribution in [0.1, 0.15) is 34.6 Å². The van der Waals surface area contributed by atoms with Gasteiger partial charge in [0.1, 0.15) is 5.60 Å². The Morgan fingerprint density at radius 1 is 1.42 bits per heavy atom. The van der Waals surface area contributed by atoms with Crippen molar-refractivity contribution in [1.29, 1.82) is 0 Å². The third kappa shape index (κ3) is 2.62. The van der Waals surface area contributed by atoms with Crippen LogP contribution in [0.5, 0.6) is 0 Å². The first-order valence-corrected chi connectivity index (χ1v) is 6.71. The van der Waals surface area contributed by atoms with Crippen LogP contribution in [0.15, 0.2) is 12.2 Å². The highest BCUT2D eigenvalue weighted by atomic mass is 16.6. The molecule has 2 aliphatic heterocycles. The van der Waals surface area contributed by atoms with E-state index in [1.807, 2.05) is 26.0 Å². The van der Waals surface area contributed by atoms with Crippen molar-refractivity contribution in [3.8, 4) is 0 Å². The first-order chi connectivity index (χ1) is 8.65. The highest BCUT2D eigenvalue weighted by Gasteiger charge is 2.53. The summed E-state index contributed by atoms with van der Waals surface area (Å²) in [5.41, 5.74) is -1.52. The van der Waals surface area contributed by atoms with E-state index in [4.69, 9.17) is 9.47 Å². The number of carbonyl (C=O) groups is 1. The second kappa shape index (κ2) is 4.49. The molecule has 2 heterocycles. The molecule has 0 aromatic rings. The SMILES string of the molecule is C[C@@H]1[C@H](O)[C@H](C)[C@]2(NC(=O)OC(C)(C)C)C=C[C@H]1O2. The lowest BCUT2D eigenvalue weighted by Crippen LogP contribution is -2.61. The predicted molar refractivity (Wildman–Crippen MR) is 70.4 cm³/mol. The van der Waals surface area contributed by atoms with Gasteiger partial charge in [-0.1, -0.05) is 19.9 Å². The molecule has 0 aliphatic carbocycles. The standard InChI is InChI=1S/C14H23NO4/c1-8-10-6-7-14(18-10,9(2)11(8)16)15-12(17)19-13(3,4)5/h6-11,16H,1-5H3,(H,15,17)/t8-,9-,10+,11-,14-/m0/s1. The van der Waals surface area contributed by atoms with Gasteiger partial charge in [0.25, 0.3) is 0 Å². The zero-order valence-corrected chi connectivity index (χ0v) is 12.1. The molecule has 0 aromatic heterocycles. The Bertz CT molecular complexity index is 401. The minimum atomic E-state index is -0.959. The van der Waals surface area contributed by atoms with Crippen LogP contribution in [0.4, 0.5) is 4.79 Å². The van der Waals surface area contributed by atoms with Crippen LogP contribution in [0.3, 0.4) is 0 Å². The van der Waals surface area contributed by atoms with Gasteiger partial charge < -0.3 is 14.6 Å². The molecular weight excluding hydrogens is 246 g/mol. The summed E-state index contributed by atoms with van der Waals surface area (Å²) >= 11 is 0. The summed E-state index contributed by atoms with van der Waals surface area (Å²) in [6.07, 6.45) is 2.49. The number of rotatable bonds is 1. The Morgan fingerprint density at radius 2 is 2.05 bits per heavy atom. The molecule has 5 nitrogen and oxygen atoms in total. The minimum Gasteiger partial charge on any atom is -0.444 e. The first kappa shape index (κ1) is 14.3. The van der Waals surface area contributed by atoms with Crippen molar-refractivity contribution in [1.82, 2.24) is 5.32 Å². The number of alkyl carbamates (subject to hydrolysis) is 1. The van der Waals surface area contributed by atoms with Crippen LogP contribution >= 0.6 is 0 Å². The number of amides is 1. The van der Waals surface area contributed by atoms with Gasteiger partial charge in [0.05, 0.1) is 12.2 Å². The topological polar surface area (TPSA) is 67.8 Å². The second-order valence-corrected chi connectivity index (χ2v) is 6.50. The molecule has 5 atom stereocenters. The zero-order valence-electron chi connectivity index (χ0n) is 12.1. The predicted octanol–water partition coefficient (Wildman–Crippen LogP) is 1.81. The van der Waals surface area contributed by atoms with Crippen LogP contribution in [0, 0.1) is 11.8 Å². The number of hydrogen-bond acceptors (Lipinski definition) is 4. The molecule has 5 heteroatoms. The smallest absolute Gasteiger partial charge is 0.410 e. The second-order valence-electron chi connectivity index (χ2n) is 6.50. The van der Waals surface area contributed by atoms with E-state index in [0.717, 1.165) is 0 Å². The maximum absolute atomic E-state index is 11.9. The molecule has 2 bridgehead atoms. The molecule has 0 saturated carbocycles. The summed E-state index contributed by atoms with van der Waals surface area (Å²) < 4.78 is 11.1. The summed E-state index contributed by atoms with van der Waals surface area (Å²) in [4.78, 5) is 11.9. The van der Waals surface area contributed by atoms with E-state index in [1.165, 1.54) is 0 Å². The number of nitrogens with one attached hydrogen (secondary N) is 1. The molecular formula is C14H23NO4. The third-order valence-corrected chi connectivity index (χ3v) is 3.81. The van der Waals surface area contributed by atoms with E-state index >= 15 is 0 Å². The molecule has 108 valence electrons. The lowest BCUT2D eigenvalue weighted by atomic mass is 9.83. The van der Waals surface area contributed by atoms with Crippen molar-refractivity contribution in [3.63, 3.8) is 0 Å². The van der Waals surface area contributed by atoms with Crippen LogP contribution in [0.25, 0.3) is 0 Å². The van der Waals surface area contributed by atoms with Crippen molar-refractivity contribution in [3.05, 3.63) is 12.2 Å². The number of ether oxygens (including phenoxy) is 2. The fourth-order valence-corrected chi connectivity index (χ4v) is 2.63. The van der Waals surface area contributed by atoms with Gasteiger partial charge in [0, 0.05) is 11.8 Å². The molecule has 1 amide bonds. The number of hydrogen-bond donors (Lipinski definition) is 2. The van der Waals surface area contributed by atoms with E-state index < -0.39 is 23.5 Å². The third-order valence-electron chi connectivity index (χ3n) is 3.81. The van der Waals surface area contributed by atoms with Gasteiger partial charge in [-0.2, -0.15) is 0 Å². The van der Waals surface area contributed by atoms with Gasteiger partial charge >= 0.3 is 6.09 Å². The maximum atomic E-state index is 11.9. The monoisotopic (exact) mass is 269 g/mol. The average Bonchev–Trinajstić information content (AvgIpc) is 2.64. The van der Waals surface area contributed by atoms with Gasteiger partial charge in [-0.3, -0.25) is 5.32 Å². The van der Waals surface area contributed by atoms with E-state index in [2.05, 4.69) is 5.32 Å². The molecule has 1 saturated heterocycles. The van der Waals surface area contributed by atoms with Crippen LogP contribution in [0.2, 0.25) is 0 Å². The maximum Gasteiger partial charge on any atom is 0.410 e. The molecule has 2 aliphatic rings. The largest absolute Gasteiger partial charge is 0.444 e. The molecule has 19 heavy (non-hydrogen) atoms. The lowest BCUT2D eigenvalue weighted by molar-refractivity contribution is -0.182. The fourth-order valence-electron chi connectivity index (χ4n) is 2.63. The van der Waals surface area contributed by atoms with Crippen molar-refractivity contribution < 1.29 is 19.4 Å². The summed E-state index contributed by atoms with van der Waals surface area (Å²) in [5.74, 6) is -0.215. The molecule has 2 rings (SSSR count).